The molecule has 0 saturated heterocycles. The van der Waals surface area contributed by atoms with E-state index in [1.165, 1.54) is 27.2 Å². The highest BCUT2D eigenvalue weighted by Crippen LogP contribution is 2.28. The summed E-state index contributed by atoms with van der Waals surface area (Å²) in [6.45, 7) is 2.97. The highest BCUT2D eigenvalue weighted by Gasteiger charge is 2.20. The summed E-state index contributed by atoms with van der Waals surface area (Å²) in [6.07, 6.45) is 1.52. The maximum atomic E-state index is 13.9. The molecule has 94 valence electrons. The number of hydrogen-bond donors (Lipinski definition) is 0. The van der Waals surface area contributed by atoms with Crippen LogP contribution in [0.2, 0.25) is 0 Å². The van der Waals surface area contributed by atoms with Gasteiger partial charge in [-0.25, -0.2) is 9.18 Å². The molecule has 0 amide bonds. The molecule has 4 heteroatoms. The second kappa shape index (κ2) is 4.37. The number of hydrogen-bond acceptors (Lipinski definition) is 3. The van der Waals surface area contributed by atoms with Gasteiger partial charge in [0.05, 0.1) is 18.2 Å². The molecule has 0 atom stereocenters. The first-order chi connectivity index (χ1) is 8.43. The Kier molecular flexibility index (Phi) is 3.03. The summed E-state index contributed by atoms with van der Waals surface area (Å²) in [5.41, 5.74) is 0.119. The van der Waals surface area contributed by atoms with E-state index in [0.717, 1.165) is 0 Å². The summed E-state index contributed by atoms with van der Waals surface area (Å²) < 4.78 is 18.6. The molecule has 0 unspecified atom stereocenters. The lowest BCUT2D eigenvalue weighted by Crippen LogP contribution is -2.09. The number of benzene rings is 1. The van der Waals surface area contributed by atoms with Gasteiger partial charge in [-0.05, 0) is 31.5 Å². The fraction of sp³-hybridized carbons (Fsp3) is 0.286. The zero-order chi connectivity index (χ0) is 13.3. The number of rotatable bonds is 2. The lowest BCUT2D eigenvalue weighted by molar-refractivity contribution is 0.0603. The van der Waals surface area contributed by atoms with Crippen molar-refractivity contribution in [3.8, 4) is 0 Å². The maximum absolute atomic E-state index is 13.9. The number of esters is 1. The van der Waals surface area contributed by atoms with Crippen LogP contribution in [0.3, 0.4) is 0 Å². The first-order valence-corrected chi connectivity index (χ1v) is 5.60. The van der Waals surface area contributed by atoms with E-state index in [1.54, 1.807) is 24.3 Å². The van der Waals surface area contributed by atoms with Crippen molar-refractivity contribution in [3.05, 3.63) is 41.6 Å². The van der Waals surface area contributed by atoms with E-state index in [9.17, 15) is 9.18 Å². The van der Waals surface area contributed by atoms with Crippen molar-refractivity contribution < 1.29 is 13.9 Å². The summed E-state index contributed by atoms with van der Waals surface area (Å²) in [5.74, 6) is -0.422. The molecular formula is C14H14FNO2. The van der Waals surface area contributed by atoms with Gasteiger partial charge in [-0.2, -0.15) is 0 Å². The van der Waals surface area contributed by atoms with Gasteiger partial charge in [0.25, 0.3) is 0 Å². The minimum Gasteiger partial charge on any atom is -0.465 e. The SMILES string of the molecule is COC(=O)c1ccnc2cc(C(C)(C)F)ccc12. The van der Waals surface area contributed by atoms with E-state index in [-0.39, 0.29) is 0 Å². The number of ether oxygens (including phenoxy) is 1. The third-order valence-corrected chi connectivity index (χ3v) is 2.83. The molecule has 0 fully saturated rings. The Balaban J connectivity index is 2.64. The molecule has 0 spiro atoms. The molecule has 2 aromatic rings. The second-order valence-corrected chi connectivity index (χ2v) is 4.55. The first-order valence-electron chi connectivity index (χ1n) is 5.60. The van der Waals surface area contributed by atoms with Crippen LogP contribution in [0.15, 0.2) is 30.5 Å². The molecule has 1 aromatic heterocycles. The molecule has 0 saturated carbocycles. The van der Waals surface area contributed by atoms with Crippen LogP contribution in [0.25, 0.3) is 10.9 Å². The van der Waals surface area contributed by atoms with Crippen LogP contribution in [-0.2, 0) is 10.4 Å². The van der Waals surface area contributed by atoms with Gasteiger partial charge < -0.3 is 4.74 Å². The van der Waals surface area contributed by atoms with E-state index in [0.29, 0.717) is 22.0 Å². The Morgan fingerprint density at radius 2 is 2.06 bits per heavy atom. The predicted molar refractivity (Wildman–Crippen MR) is 67.2 cm³/mol. The molecule has 2 rings (SSSR count). The van der Waals surface area contributed by atoms with Gasteiger partial charge in [0.15, 0.2) is 0 Å². The zero-order valence-corrected chi connectivity index (χ0v) is 10.5. The van der Waals surface area contributed by atoms with Crippen molar-refractivity contribution in [1.29, 1.82) is 0 Å². The van der Waals surface area contributed by atoms with Gasteiger partial charge in [-0.15, -0.1) is 0 Å². The molecule has 0 radical (unpaired) electrons. The van der Waals surface area contributed by atoms with Crippen LogP contribution in [0.1, 0.15) is 29.8 Å². The Morgan fingerprint density at radius 3 is 2.67 bits per heavy atom. The van der Waals surface area contributed by atoms with Gasteiger partial charge in [0, 0.05) is 11.6 Å². The minimum absolute atomic E-state index is 0.422. The van der Waals surface area contributed by atoms with Crippen molar-refractivity contribution in [2.24, 2.45) is 0 Å². The fourth-order valence-electron chi connectivity index (χ4n) is 1.81. The van der Waals surface area contributed by atoms with E-state index in [4.69, 9.17) is 4.74 Å². The number of methoxy groups -OCH3 is 1. The van der Waals surface area contributed by atoms with Crippen molar-refractivity contribution in [2.75, 3.05) is 7.11 Å². The Morgan fingerprint density at radius 1 is 1.33 bits per heavy atom. The number of carbonyl (C=O) groups excluding carboxylic acids is 1. The van der Waals surface area contributed by atoms with Crippen LogP contribution in [0, 0.1) is 0 Å². The fourth-order valence-corrected chi connectivity index (χ4v) is 1.81. The quantitative estimate of drug-likeness (QED) is 0.765. The van der Waals surface area contributed by atoms with E-state index in [2.05, 4.69) is 4.98 Å². The molecule has 1 heterocycles. The van der Waals surface area contributed by atoms with Crippen molar-refractivity contribution in [2.45, 2.75) is 19.5 Å². The molecule has 1 aromatic carbocycles. The highest BCUT2D eigenvalue weighted by atomic mass is 19.1. The molecule has 0 aliphatic carbocycles. The molecule has 0 bridgehead atoms. The van der Waals surface area contributed by atoms with Crippen molar-refractivity contribution in [3.63, 3.8) is 0 Å². The van der Waals surface area contributed by atoms with Crippen LogP contribution in [0.5, 0.6) is 0 Å². The zero-order valence-electron chi connectivity index (χ0n) is 10.5. The summed E-state index contributed by atoms with van der Waals surface area (Å²) in [6, 6.07) is 6.61. The lowest BCUT2D eigenvalue weighted by atomic mass is 9.97. The van der Waals surface area contributed by atoms with Crippen LogP contribution in [-0.4, -0.2) is 18.1 Å². The summed E-state index contributed by atoms with van der Waals surface area (Å²) in [7, 11) is 1.33. The average Bonchev–Trinajstić information content (AvgIpc) is 2.35. The largest absolute Gasteiger partial charge is 0.465 e. The smallest absolute Gasteiger partial charge is 0.338 e. The minimum atomic E-state index is -1.43. The molecule has 18 heavy (non-hydrogen) atoms. The first kappa shape index (κ1) is 12.5. The molecule has 0 N–H and O–H groups in total. The summed E-state index contributed by atoms with van der Waals surface area (Å²) >= 11 is 0. The van der Waals surface area contributed by atoms with Gasteiger partial charge in [0.2, 0.25) is 0 Å². The standard InChI is InChI=1S/C14H14FNO2/c1-14(2,15)9-4-5-10-11(13(17)18-3)6-7-16-12(10)8-9/h4-8H,1-3H3. The number of pyridine rings is 1. The predicted octanol–water partition coefficient (Wildman–Crippen LogP) is 3.23. The van der Waals surface area contributed by atoms with Gasteiger partial charge in [-0.3, -0.25) is 4.98 Å². The lowest BCUT2D eigenvalue weighted by Gasteiger charge is -2.15. The third-order valence-electron chi connectivity index (χ3n) is 2.83. The van der Waals surface area contributed by atoms with Crippen LogP contribution >= 0.6 is 0 Å². The second-order valence-electron chi connectivity index (χ2n) is 4.55. The van der Waals surface area contributed by atoms with Crippen molar-refractivity contribution >= 4 is 16.9 Å². The Bertz CT molecular complexity index is 602. The van der Waals surface area contributed by atoms with Gasteiger partial charge in [-0.1, -0.05) is 12.1 Å². The number of alkyl halides is 1. The van der Waals surface area contributed by atoms with Gasteiger partial charge >= 0.3 is 5.97 Å². The maximum Gasteiger partial charge on any atom is 0.338 e. The number of halogens is 1. The van der Waals surface area contributed by atoms with Crippen LogP contribution in [0.4, 0.5) is 4.39 Å². The molecule has 3 nitrogen and oxygen atoms in total. The topological polar surface area (TPSA) is 39.2 Å². The number of carbonyl (C=O) groups is 1. The number of aromatic nitrogens is 1. The molecule has 0 aliphatic heterocycles. The Hall–Kier alpha value is -1.97. The molecular weight excluding hydrogens is 233 g/mol. The molecule has 0 aliphatic rings. The highest BCUT2D eigenvalue weighted by molar-refractivity contribution is 6.03. The third kappa shape index (κ3) is 2.18. The number of nitrogens with zero attached hydrogens (tertiary/aromatic N) is 1. The van der Waals surface area contributed by atoms with E-state index >= 15 is 0 Å². The van der Waals surface area contributed by atoms with Crippen molar-refractivity contribution in [1.82, 2.24) is 4.98 Å². The Labute approximate surface area is 105 Å². The number of fused-ring (bicyclic) bond motifs is 1. The summed E-state index contributed by atoms with van der Waals surface area (Å²) in [4.78, 5) is 15.7. The van der Waals surface area contributed by atoms with Crippen LogP contribution < -0.4 is 0 Å². The summed E-state index contributed by atoms with van der Waals surface area (Å²) in [5, 5.41) is 0.664. The van der Waals surface area contributed by atoms with E-state index in [1.807, 2.05) is 0 Å². The average molecular weight is 247 g/mol. The normalized spacial score (nSPS) is 11.6. The van der Waals surface area contributed by atoms with E-state index < -0.39 is 11.6 Å². The van der Waals surface area contributed by atoms with Gasteiger partial charge in [0.1, 0.15) is 5.67 Å². The monoisotopic (exact) mass is 247 g/mol.